The predicted molar refractivity (Wildman–Crippen MR) is 62.7 cm³/mol. The van der Waals surface area contributed by atoms with Gasteiger partial charge in [0.25, 0.3) is 0 Å². The fourth-order valence-corrected chi connectivity index (χ4v) is 2.33. The first kappa shape index (κ1) is 9.54. The first-order valence-electron chi connectivity index (χ1n) is 5.10. The molecule has 0 aliphatic heterocycles. The van der Waals surface area contributed by atoms with E-state index in [4.69, 9.17) is 11.6 Å². The number of rotatable bonds is 1. The summed E-state index contributed by atoms with van der Waals surface area (Å²) in [4.78, 5) is 0. The first-order valence-corrected chi connectivity index (χ1v) is 5.48. The minimum atomic E-state index is 0.742. The highest BCUT2D eigenvalue weighted by Gasteiger charge is 2.13. The van der Waals surface area contributed by atoms with E-state index in [-0.39, 0.29) is 0 Å². The lowest BCUT2D eigenvalue weighted by Gasteiger charge is -2.07. The molecule has 0 radical (unpaired) electrons. The molecule has 0 unspecified atom stereocenters. The van der Waals surface area contributed by atoms with Crippen molar-refractivity contribution in [3.05, 3.63) is 34.9 Å². The fourth-order valence-electron chi connectivity index (χ4n) is 1.96. The van der Waals surface area contributed by atoms with Crippen molar-refractivity contribution in [1.29, 1.82) is 0 Å². The van der Waals surface area contributed by atoms with Crippen LogP contribution < -0.4 is 0 Å². The Kier molecular flexibility index (Phi) is 2.04. The molecule has 16 heavy (non-hydrogen) atoms. The average Bonchev–Trinajstić information content (AvgIpc) is 2.79. The number of pyridine rings is 1. The number of aromatic nitrogens is 4. The average molecular weight is 233 g/mol. The molecule has 0 saturated carbocycles. The molecule has 0 amide bonds. The summed E-state index contributed by atoms with van der Waals surface area (Å²) in [5.41, 5.74) is 2.67. The van der Waals surface area contributed by atoms with Crippen LogP contribution in [0.1, 0.15) is 12.5 Å². The van der Waals surface area contributed by atoms with Crippen molar-refractivity contribution in [3.63, 3.8) is 0 Å². The molecule has 0 spiro atoms. The molecule has 0 saturated heterocycles. The molecule has 0 aliphatic rings. The second kappa shape index (κ2) is 3.42. The van der Waals surface area contributed by atoms with E-state index in [0.29, 0.717) is 0 Å². The molecular weight excluding hydrogens is 224 g/mol. The van der Waals surface area contributed by atoms with E-state index < -0.39 is 0 Å². The van der Waals surface area contributed by atoms with Gasteiger partial charge in [-0.15, -0.1) is 5.10 Å². The number of benzene rings is 1. The maximum Gasteiger partial charge on any atom is 0.184 e. The predicted octanol–water partition coefficient (Wildman–Crippen LogP) is 2.49. The Morgan fingerprint density at radius 2 is 2.12 bits per heavy atom. The lowest BCUT2D eigenvalue weighted by atomic mass is 10.1. The van der Waals surface area contributed by atoms with Gasteiger partial charge in [-0.3, -0.25) is 0 Å². The number of fused-ring (bicyclic) bond motifs is 3. The summed E-state index contributed by atoms with van der Waals surface area (Å²) < 4.78 is 1.74. The van der Waals surface area contributed by atoms with Crippen molar-refractivity contribution in [3.8, 4) is 0 Å². The zero-order valence-corrected chi connectivity index (χ0v) is 9.44. The summed E-state index contributed by atoms with van der Waals surface area (Å²) in [7, 11) is 0. The summed E-state index contributed by atoms with van der Waals surface area (Å²) >= 11 is 6.37. The zero-order valence-electron chi connectivity index (χ0n) is 8.68. The molecule has 0 fully saturated rings. The van der Waals surface area contributed by atoms with Crippen LogP contribution in [0.5, 0.6) is 0 Å². The minimum Gasteiger partial charge on any atom is -0.192 e. The lowest BCUT2D eigenvalue weighted by Crippen LogP contribution is -1.97. The highest BCUT2D eigenvalue weighted by Crippen LogP contribution is 2.29. The molecule has 3 aromatic rings. The number of hydrogen-bond donors (Lipinski definition) is 0. The van der Waals surface area contributed by atoms with Gasteiger partial charge in [-0.05, 0) is 22.9 Å². The number of nitrogens with zero attached hydrogens (tertiary/aromatic N) is 4. The van der Waals surface area contributed by atoms with Crippen molar-refractivity contribution in [1.82, 2.24) is 20.0 Å². The van der Waals surface area contributed by atoms with Crippen LogP contribution in [0.2, 0.25) is 5.02 Å². The van der Waals surface area contributed by atoms with Gasteiger partial charge < -0.3 is 0 Å². The smallest absolute Gasteiger partial charge is 0.184 e. The Balaban J connectivity index is 2.63. The quantitative estimate of drug-likeness (QED) is 0.648. The van der Waals surface area contributed by atoms with E-state index in [1.807, 2.05) is 31.2 Å². The van der Waals surface area contributed by atoms with Crippen molar-refractivity contribution in [2.75, 3.05) is 0 Å². The summed E-state index contributed by atoms with van der Waals surface area (Å²) in [6.07, 6.45) is 0.813. The number of halogens is 1. The van der Waals surface area contributed by atoms with Gasteiger partial charge in [0.2, 0.25) is 0 Å². The van der Waals surface area contributed by atoms with E-state index in [9.17, 15) is 0 Å². The highest BCUT2D eigenvalue weighted by atomic mass is 35.5. The number of hydrogen-bond acceptors (Lipinski definition) is 3. The lowest BCUT2D eigenvalue weighted by molar-refractivity contribution is 0.841. The summed E-state index contributed by atoms with van der Waals surface area (Å²) in [6.45, 7) is 2.05. The molecule has 0 atom stereocenters. The van der Waals surface area contributed by atoms with Gasteiger partial charge in [0.1, 0.15) is 0 Å². The third kappa shape index (κ3) is 1.13. The summed E-state index contributed by atoms with van der Waals surface area (Å²) in [5, 5.41) is 13.5. The Morgan fingerprint density at radius 1 is 1.31 bits per heavy atom. The molecule has 4 nitrogen and oxygen atoms in total. The van der Waals surface area contributed by atoms with Crippen molar-refractivity contribution >= 4 is 28.2 Å². The second-order valence-electron chi connectivity index (χ2n) is 3.58. The van der Waals surface area contributed by atoms with Crippen LogP contribution >= 0.6 is 11.6 Å². The number of tetrazole rings is 1. The SMILES string of the molecule is CCc1c(Cl)c2ccccc2n2nnnc12. The normalized spacial score (nSPS) is 11.4. The Hall–Kier alpha value is -1.68. The second-order valence-corrected chi connectivity index (χ2v) is 3.96. The molecule has 1 aromatic carbocycles. The third-order valence-corrected chi connectivity index (χ3v) is 3.16. The van der Waals surface area contributed by atoms with Crippen LogP contribution in [-0.4, -0.2) is 20.0 Å². The molecule has 0 N–H and O–H groups in total. The van der Waals surface area contributed by atoms with Crippen LogP contribution in [-0.2, 0) is 6.42 Å². The molecule has 2 heterocycles. The zero-order chi connectivity index (χ0) is 11.1. The van der Waals surface area contributed by atoms with Gasteiger partial charge in [-0.25, -0.2) is 0 Å². The maximum absolute atomic E-state index is 6.37. The van der Waals surface area contributed by atoms with E-state index in [0.717, 1.165) is 33.6 Å². The van der Waals surface area contributed by atoms with Gasteiger partial charge in [0.05, 0.1) is 10.5 Å². The van der Waals surface area contributed by atoms with Crippen LogP contribution in [0.15, 0.2) is 24.3 Å². The van der Waals surface area contributed by atoms with Crippen molar-refractivity contribution in [2.45, 2.75) is 13.3 Å². The van der Waals surface area contributed by atoms with Crippen LogP contribution in [0.3, 0.4) is 0 Å². The van der Waals surface area contributed by atoms with Gasteiger partial charge >= 0.3 is 0 Å². The summed E-state index contributed by atoms with van der Waals surface area (Å²) in [6, 6.07) is 7.86. The third-order valence-electron chi connectivity index (χ3n) is 2.73. The standard InChI is InChI=1S/C11H9ClN4/c1-2-7-10(12)8-5-3-4-6-9(8)16-11(7)13-14-15-16/h3-6H,2H2,1H3. The molecule has 2 aromatic heterocycles. The van der Waals surface area contributed by atoms with Crippen LogP contribution in [0.25, 0.3) is 16.6 Å². The molecule has 3 rings (SSSR count). The molecule has 0 aliphatic carbocycles. The van der Waals surface area contributed by atoms with E-state index in [1.54, 1.807) is 4.52 Å². The Bertz CT molecular complexity index is 674. The molecule has 5 heteroatoms. The van der Waals surface area contributed by atoms with Gasteiger partial charge in [0.15, 0.2) is 5.65 Å². The summed E-state index contributed by atoms with van der Waals surface area (Å²) in [5.74, 6) is 0. The highest BCUT2D eigenvalue weighted by molar-refractivity contribution is 6.36. The van der Waals surface area contributed by atoms with E-state index >= 15 is 0 Å². The molecule has 80 valence electrons. The number of aryl methyl sites for hydroxylation is 1. The number of para-hydroxylation sites is 1. The van der Waals surface area contributed by atoms with E-state index in [2.05, 4.69) is 15.5 Å². The monoisotopic (exact) mass is 232 g/mol. The minimum absolute atomic E-state index is 0.742. The Labute approximate surface area is 96.8 Å². The Morgan fingerprint density at radius 3 is 2.94 bits per heavy atom. The molecule has 0 bridgehead atoms. The van der Waals surface area contributed by atoms with E-state index in [1.165, 1.54) is 0 Å². The first-order chi connectivity index (χ1) is 7.83. The molecular formula is C11H9ClN4. The van der Waals surface area contributed by atoms with Gasteiger partial charge in [0, 0.05) is 10.9 Å². The van der Waals surface area contributed by atoms with Gasteiger partial charge in [-0.1, -0.05) is 36.7 Å². The van der Waals surface area contributed by atoms with Crippen molar-refractivity contribution in [2.24, 2.45) is 0 Å². The van der Waals surface area contributed by atoms with Gasteiger partial charge in [-0.2, -0.15) is 4.52 Å². The maximum atomic E-state index is 6.37. The fraction of sp³-hybridized carbons (Fsp3) is 0.182. The van der Waals surface area contributed by atoms with Crippen molar-refractivity contribution < 1.29 is 0 Å². The van der Waals surface area contributed by atoms with Crippen LogP contribution in [0.4, 0.5) is 0 Å². The van der Waals surface area contributed by atoms with Crippen LogP contribution in [0, 0.1) is 0 Å². The largest absolute Gasteiger partial charge is 0.192 e. The topological polar surface area (TPSA) is 43.1 Å².